The Morgan fingerprint density at radius 1 is 0.425 bits per heavy atom. The molecule has 9 nitrogen and oxygen atoms in total. The third-order valence-electron chi connectivity index (χ3n) is 15.8. The zero-order valence-electron chi connectivity index (χ0n) is 54.1. The molecule has 0 rings (SSSR count). The molecule has 0 bridgehead atoms. The zero-order valence-corrected chi connectivity index (χ0v) is 55.0. The van der Waals surface area contributed by atoms with E-state index in [1.807, 2.05) is 33.3 Å². The molecule has 0 aliphatic rings. The van der Waals surface area contributed by atoms with Crippen molar-refractivity contribution >= 4 is 19.7 Å². The van der Waals surface area contributed by atoms with Crippen LogP contribution in [0.1, 0.15) is 348 Å². The Morgan fingerprint density at radius 3 is 1.06 bits per heavy atom. The fraction of sp³-hybridized carbons (Fsp3) is 0.886. The first-order valence-corrected chi connectivity index (χ1v) is 36.3. The lowest BCUT2D eigenvalue weighted by Gasteiger charge is -2.27. The van der Waals surface area contributed by atoms with E-state index in [4.69, 9.17) is 13.8 Å². The average Bonchev–Trinajstić information content (AvgIpc) is 3.42. The van der Waals surface area contributed by atoms with Crippen LogP contribution in [0.3, 0.4) is 0 Å². The first-order chi connectivity index (χ1) is 38.9. The molecule has 0 aliphatic heterocycles. The van der Waals surface area contributed by atoms with Crippen molar-refractivity contribution in [2.75, 3.05) is 40.9 Å². The van der Waals surface area contributed by atoms with Gasteiger partial charge in [0.15, 0.2) is 0 Å². The minimum absolute atomic E-state index is 0.0423. The van der Waals surface area contributed by atoms with Crippen LogP contribution in [0.5, 0.6) is 0 Å². The van der Waals surface area contributed by atoms with Gasteiger partial charge in [0.25, 0.3) is 0 Å². The molecule has 0 saturated carbocycles. The minimum Gasteiger partial charge on any atom is -0.456 e. The van der Waals surface area contributed by atoms with Crippen molar-refractivity contribution in [3.63, 3.8) is 0 Å². The Hall–Kier alpha value is -1.77. The summed E-state index contributed by atoms with van der Waals surface area (Å²) in [6, 6.07) is -0.847. The van der Waals surface area contributed by atoms with Gasteiger partial charge in [0, 0.05) is 12.8 Å². The molecule has 80 heavy (non-hydrogen) atoms. The van der Waals surface area contributed by atoms with Crippen molar-refractivity contribution in [3.8, 4) is 0 Å². The summed E-state index contributed by atoms with van der Waals surface area (Å²) >= 11 is 0. The summed E-state index contributed by atoms with van der Waals surface area (Å²) in [5.41, 5.74) is 0. The van der Waals surface area contributed by atoms with Gasteiger partial charge in [-0.1, -0.05) is 289 Å². The number of likely N-dealkylation sites (N-methyl/N-ethyl adjacent to an activating group) is 1. The maximum atomic E-state index is 13.6. The molecule has 10 heteroatoms. The van der Waals surface area contributed by atoms with Crippen LogP contribution < -0.4 is 5.32 Å². The molecule has 0 heterocycles. The van der Waals surface area contributed by atoms with Gasteiger partial charge in [0.1, 0.15) is 19.3 Å². The van der Waals surface area contributed by atoms with E-state index in [2.05, 4.69) is 50.4 Å². The number of unbranched alkanes of at least 4 members (excludes halogenated alkanes) is 44. The number of carbonyl (C=O) groups is 2. The summed E-state index contributed by atoms with van der Waals surface area (Å²) < 4.78 is 30.8. The summed E-state index contributed by atoms with van der Waals surface area (Å²) in [6.07, 6.45) is 74.3. The number of ether oxygens (including phenoxy) is 1. The second kappa shape index (κ2) is 60.4. The lowest BCUT2D eigenvalue weighted by atomic mass is 10.0. The van der Waals surface area contributed by atoms with Crippen LogP contribution >= 0.6 is 7.82 Å². The number of phosphoric ester groups is 1. The van der Waals surface area contributed by atoms with E-state index in [9.17, 15) is 19.0 Å². The predicted octanol–water partition coefficient (Wildman–Crippen LogP) is 21.8. The zero-order chi connectivity index (χ0) is 58.6. The molecule has 0 fully saturated rings. The predicted molar refractivity (Wildman–Crippen MR) is 346 cm³/mol. The van der Waals surface area contributed by atoms with E-state index in [0.29, 0.717) is 23.9 Å². The number of hydrogen-bond acceptors (Lipinski definition) is 6. The normalized spacial score (nSPS) is 13.7. The summed E-state index contributed by atoms with van der Waals surface area (Å²) in [7, 11) is 1.51. The smallest absolute Gasteiger partial charge is 0.456 e. The lowest BCUT2D eigenvalue weighted by Crippen LogP contribution is -2.47. The molecule has 0 aromatic heterocycles. The van der Waals surface area contributed by atoms with E-state index in [1.54, 1.807) is 0 Å². The monoisotopic (exact) mass is 1150 g/mol. The van der Waals surface area contributed by atoms with E-state index in [-0.39, 0.29) is 25.1 Å². The maximum Gasteiger partial charge on any atom is 0.472 e. The van der Waals surface area contributed by atoms with Gasteiger partial charge in [-0.3, -0.25) is 18.6 Å². The highest BCUT2D eigenvalue weighted by molar-refractivity contribution is 7.47. The van der Waals surface area contributed by atoms with Crippen LogP contribution in [0.4, 0.5) is 0 Å². The maximum absolute atomic E-state index is 13.6. The Morgan fingerprint density at radius 2 is 0.725 bits per heavy atom. The number of hydrogen-bond donors (Lipinski definition) is 2. The first-order valence-electron chi connectivity index (χ1n) is 34.8. The van der Waals surface area contributed by atoms with E-state index in [0.717, 1.165) is 57.8 Å². The fourth-order valence-corrected chi connectivity index (χ4v) is 11.1. The third kappa shape index (κ3) is 60.8. The molecular formula is C70H136N2O7P+. The average molecular weight is 1150 g/mol. The SMILES string of the molecule is CCCCCCCC/C=C/CCCCCCCCCCCCCCCC(=O)NC(COP(=O)(O)OCC[N+](C)(C)C)C(/C=C\CCCCCCCCCCCC)OC(=O)CCCCCCCCCCC/C=C/CCCCCCCC. The molecule has 3 atom stereocenters. The van der Waals surface area contributed by atoms with Gasteiger partial charge in [0.2, 0.25) is 5.91 Å². The number of quaternary nitrogens is 1. The molecule has 0 aromatic rings. The van der Waals surface area contributed by atoms with Gasteiger partial charge in [-0.15, -0.1) is 0 Å². The largest absolute Gasteiger partial charge is 0.472 e. The van der Waals surface area contributed by atoms with Crippen LogP contribution in [0.25, 0.3) is 0 Å². The molecule has 0 aromatic carbocycles. The first kappa shape index (κ1) is 78.2. The second-order valence-corrected chi connectivity index (χ2v) is 26.5. The number of esters is 1. The molecule has 2 N–H and O–H groups in total. The van der Waals surface area contributed by atoms with Crippen molar-refractivity contribution in [2.24, 2.45) is 0 Å². The Kier molecular flexibility index (Phi) is 59.0. The lowest BCUT2D eigenvalue weighted by molar-refractivity contribution is -0.870. The molecule has 472 valence electrons. The highest BCUT2D eigenvalue weighted by atomic mass is 31.2. The second-order valence-electron chi connectivity index (χ2n) is 25.0. The standard InChI is InChI=1S/C70H135N2O7P/c1-7-10-13-16-19-22-25-28-30-32-34-35-36-37-39-40-42-44-47-50-53-56-59-62-69(73)71-67(66-78-80(75,76)77-65-64-72(4,5)6)68(61-58-55-52-49-46-27-24-21-18-15-12-9-3)79-70(74)63-60-57-54-51-48-45-43-41-38-33-31-29-26-23-20-17-14-11-8-2/h28-31,58,61,67-68H,7-27,32-57,59-60,62-66H2,1-6H3,(H-,71,73,75,76)/p+1/b30-28+,31-29+,61-58-. The van der Waals surface area contributed by atoms with Crippen molar-refractivity contribution in [3.05, 3.63) is 36.5 Å². The van der Waals surface area contributed by atoms with Gasteiger partial charge in [-0.2, -0.15) is 0 Å². The number of phosphoric acid groups is 1. The van der Waals surface area contributed by atoms with Gasteiger partial charge < -0.3 is 19.4 Å². The topological polar surface area (TPSA) is 111 Å². The van der Waals surface area contributed by atoms with Crippen LogP contribution in [0, 0.1) is 0 Å². The van der Waals surface area contributed by atoms with Crippen LogP contribution in [0.2, 0.25) is 0 Å². The van der Waals surface area contributed by atoms with Gasteiger partial charge in [0.05, 0.1) is 33.8 Å². The van der Waals surface area contributed by atoms with Crippen molar-refractivity contribution in [1.82, 2.24) is 5.32 Å². The van der Waals surface area contributed by atoms with Crippen LogP contribution in [-0.2, 0) is 27.9 Å². The Bertz CT molecular complexity index is 1460. The summed E-state index contributed by atoms with van der Waals surface area (Å²) in [5, 5.41) is 3.07. The van der Waals surface area contributed by atoms with Gasteiger partial charge >= 0.3 is 13.8 Å². The quantitative estimate of drug-likeness (QED) is 0.0205. The molecular weight excluding hydrogens is 1010 g/mol. The third-order valence-corrected chi connectivity index (χ3v) is 16.8. The van der Waals surface area contributed by atoms with Crippen LogP contribution in [0.15, 0.2) is 36.5 Å². The summed E-state index contributed by atoms with van der Waals surface area (Å²) in [6.45, 7) is 7.05. The van der Waals surface area contributed by atoms with E-state index < -0.39 is 20.0 Å². The minimum atomic E-state index is -4.45. The van der Waals surface area contributed by atoms with Gasteiger partial charge in [-0.25, -0.2) is 4.57 Å². The van der Waals surface area contributed by atoms with E-state index in [1.165, 1.54) is 257 Å². The number of rotatable bonds is 64. The van der Waals surface area contributed by atoms with Crippen LogP contribution in [-0.4, -0.2) is 74.3 Å². The Labute approximate surface area is 497 Å². The van der Waals surface area contributed by atoms with E-state index >= 15 is 0 Å². The van der Waals surface area contributed by atoms with Gasteiger partial charge in [-0.05, 0) is 83.1 Å². The van der Waals surface area contributed by atoms with Crippen molar-refractivity contribution in [2.45, 2.75) is 360 Å². The number of nitrogens with zero attached hydrogens (tertiary/aromatic N) is 1. The highest BCUT2D eigenvalue weighted by Crippen LogP contribution is 2.43. The number of carbonyl (C=O) groups excluding carboxylic acids is 2. The Balaban J connectivity index is 5.08. The number of amides is 1. The summed E-state index contributed by atoms with van der Waals surface area (Å²) in [4.78, 5) is 37.9. The summed E-state index contributed by atoms with van der Waals surface area (Å²) in [5.74, 6) is -0.491. The fourth-order valence-electron chi connectivity index (χ4n) is 10.4. The molecule has 0 radical (unpaired) electrons. The molecule has 0 saturated heterocycles. The molecule has 0 spiro atoms. The molecule has 0 aliphatic carbocycles. The van der Waals surface area contributed by atoms with Crippen molar-refractivity contribution < 1.29 is 37.3 Å². The molecule has 1 amide bonds. The van der Waals surface area contributed by atoms with Crippen molar-refractivity contribution in [1.29, 1.82) is 0 Å². The molecule has 3 unspecified atom stereocenters. The number of nitrogens with one attached hydrogen (secondary N) is 1. The number of allylic oxidation sites excluding steroid dienone is 5. The highest BCUT2D eigenvalue weighted by Gasteiger charge is 2.30.